The summed E-state index contributed by atoms with van der Waals surface area (Å²) in [5.41, 5.74) is 4.02. The molecule has 0 spiro atoms. The maximum absolute atomic E-state index is 13.4. The molecule has 1 atom stereocenters. The largest absolute Gasteiger partial charge is 0.340 e. The second-order valence-electron chi connectivity index (χ2n) is 8.03. The van der Waals surface area contributed by atoms with Crippen LogP contribution in [0.3, 0.4) is 0 Å². The lowest BCUT2D eigenvalue weighted by atomic mass is 10.0. The van der Waals surface area contributed by atoms with Crippen LogP contribution in [0.4, 0.5) is 10.1 Å². The van der Waals surface area contributed by atoms with Gasteiger partial charge in [-0.25, -0.2) is 4.39 Å². The van der Waals surface area contributed by atoms with E-state index in [1.54, 1.807) is 0 Å². The summed E-state index contributed by atoms with van der Waals surface area (Å²) in [5.74, 6) is -1.18. The molecule has 0 fully saturated rings. The smallest absolute Gasteiger partial charge is 0.251 e. The zero-order valence-corrected chi connectivity index (χ0v) is 18.6. The Morgan fingerprint density at radius 1 is 0.706 bits per heavy atom. The minimum atomic E-state index is -0.815. The van der Waals surface area contributed by atoms with Gasteiger partial charge in [-0.1, -0.05) is 78.9 Å². The van der Waals surface area contributed by atoms with E-state index < -0.39 is 17.8 Å². The first-order valence-corrected chi connectivity index (χ1v) is 11.1. The highest BCUT2D eigenvalue weighted by molar-refractivity contribution is 6.01. The molecule has 34 heavy (non-hydrogen) atoms. The zero-order valence-electron chi connectivity index (χ0n) is 18.6. The lowest BCUT2D eigenvalue weighted by molar-refractivity contribution is -0.118. The van der Waals surface area contributed by atoms with Gasteiger partial charge in [0.25, 0.3) is 5.91 Å². The van der Waals surface area contributed by atoms with Crippen LogP contribution in [0, 0.1) is 5.82 Å². The van der Waals surface area contributed by atoms with Crippen molar-refractivity contribution in [1.82, 2.24) is 5.32 Å². The van der Waals surface area contributed by atoms with Crippen LogP contribution in [0.1, 0.15) is 27.0 Å². The Labute approximate surface area is 198 Å². The number of rotatable bonds is 8. The fraction of sp³-hybridized carbons (Fsp3) is 0.103. The summed E-state index contributed by atoms with van der Waals surface area (Å²) in [6.07, 6.45) is 0.989. The molecule has 4 nitrogen and oxygen atoms in total. The lowest BCUT2D eigenvalue weighted by Gasteiger charge is -2.20. The van der Waals surface area contributed by atoms with Gasteiger partial charge in [-0.2, -0.15) is 0 Å². The van der Waals surface area contributed by atoms with Crippen molar-refractivity contribution >= 4 is 17.5 Å². The molecule has 2 amide bonds. The SMILES string of the molecule is O=C(NC(Cc1ccccc1)C(=O)Nc1ccccc1Cc1ccccc1)c1ccc(F)cc1. The van der Waals surface area contributed by atoms with E-state index in [1.165, 1.54) is 24.3 Å². The van der Waals surface area contributed by atoms with E-state index in [9.17, 15) is 14.0 Å². The van der Waals surface area contributed by atoms with Crippen LogP contribution < -0.4 is 10.6 Å². The first kappa shape index (κ1) is 22.9. The molecule has 2 N–H and O–H groups in total. The Balaban J connectivity index is 1.54. The summed E-state index contributed by atoms with van der Waals surface area (Å²) in [7, 11) is 0. The highest BCUT2D eigenvalue weighted by Crippen LogP contribution is 2.20. The second-order valence-corrected chi connectivity index (χ2v) is 8.03. The van der Waals surface area contributed by atoms with Gasteiger partial charge in [-0.3, -0.25) is 9.59 Å². The van der Waals surface area contributed by atoms with Gasteiger partial charge in [0.1, 0.15) is 11.9 Å². The van der Waals surface area contributed by atoms with Crippen LogP contribution in [0.15, 0.2) is 109 Å². The Bertz CT molecular complexity index is 1240. The van der Waals surface area contributed by atoms with Gasteiger partial charge in [-0.15, -0.1) is 0 Å². The predicted molar refractivity (Wildman–Crippen MR) is 132 cm³/mol. The van der Waals surface area contributed by atoms with Gasteiger partial charge < -0.3 is 10.6 Å². The molecule has 0 aliphatic heterocycles. The number of para-hydroxylation sites is 1. The molecule has 4 aromatic rings. The molecule has 4 rings (SSSR count). The first-order valence-electron chi connectivity index (χ1n) is 11.1. The molecule has 0 aliphatic rings. The van der Waals surface area contributed by atoms with Crippen molar-refractivity contribution in [2.45, 2.75) is 18.9 Å². The Morgan fingerprint density at radius 2 is 1.29 bits per heavy atom. The normalized spacial score (nSPS) is 11.4. The van der Waals surface area contributed by atoms with E-state index in [0.29, 0.717) is 18.5 Å². The van der Waals surface area contributed by atoms with Crippen molar-refractivity contribution in [2.75, 3.05) is 5.32 Å². The number of hydrogen-bond acceptors (Lipinski definition) is 2. The van der Waals surface area contributed by atoms with Gasteiger partial charge >= 0.3 is 0 Å². The maximum Gasteiger partial charge on any atom is 0.251 e. The van der Waals surface area contributed by atoms with Crippen LogP contribution in [0.5, 0.6) is 0 Å². The highest BCUT2D eigenvalue weighted by Gasteiger charge is 2.23. The zero-order chi connectivity index (χ0) is 23.8. The predicted octanol–water partition coefficient (Wildman–Crippen LogP) is 5.40. The molecule has 0 radical (unpaired) electrons. The quantitative estimate of drug-likeness (QED) is 0.376. The number of halogens is 1. The van der Waals surface area contributed by atoms with Crippen molar-refractivity contribution in [1.29, 1.82) is 0 Å². The van der Waals surface area contributed by atoms with Gasteiger partial charge in [0, 0.05) is 17.7 Å². The van der Waals surface area contributed by atoms with E-state index in [4.69, 9.17) is 0 Å². The molecular formula is C29H25FN2O2. The third kappa shape index (κ3) is 6.17. The van der Waals surface area contributed by atoms with Crippen molar-refractivity contribution < 1.29 is 14.0 Å². The first-order chi connectivity index (χ1) is 16.6. The molecule has 4 aromatic carbocycles. The minimum absolute atomic E-state index is 0.289. The minimum Gasteiger partial charge on any atom is -0.340 e. The topological polar surface area (TPSA) is 58.2 Å². The molecule has 0 aliphatic carbocycles. The number of nitrogens with one attached hydrogen (secondary N) is 2. The number of benzene rings is 4. The summed E-state index contributed by atoms with van der Waals surface area (Å²) in [6.45, 7) is 0. The lowest BCUT2D eigenvalue weighted by Crippen LogP contribution is -2.45. The fourth-order valence-electron chi connectivity index (χ4n) is 3.73. The monoisotopic (exact) mass is 452 g/mol. The molecule has 0 heterocycles. The Hall–Kier alpha value is -4.25. The van der Waals surface area contributed by atoms with Crippen molar-refractivity contribution in [3.8, 4) is 0 Å². The summed E-state index contributed by atoms with van der Waals surface area (Å²) in [5, 5.41) is 5.82. The number of amides is 2. The summed E-state index contributed by atoms with van der Waals surface area (Å²) in [6, 6.07) is 31.6. The van der Waals surface area contributed by atoms with Crippen molar-refractivity contribution in [2.24, 2.45) is 0 Å². The molecule has 0 saturated heterocycles. The van der Waals surface area contributed by atoms with Crippen LogP contribution in [0.25, 0.3) is 0 Å². The molecule has 0 aromatic heterocycles. The van der Waals surface area contributed by atoms with E-state index in [1.807, 2.05) is 84.9 Å². The maximum atomic E-state index is 13.4. The molecule has 170 valence electrons. The van der Waals surface area contributed by atoms with E-state index in [-0.39, 0.29) is 11.5 Å². The van der Waals surface area contributed by atoms with Crippen LogP contribution in [-0.4, -0.2) is 17.9 Å². The summed E-state index contributed by atoms with van der Waals surface area (Å²) >= 11 is 0. The van der Waals surface area contributed by atoms with Crippen LogP contribution in [0.2, 0.25) is 0 Å². The van der Waals surface area contributed by atoms with E-state index >= 15 is 0 Å². The van der Waals surface area contributed by atoms with E-state index in [2.05, 4.69) is 10.6 Å². The average molecular weight is 453 g/mol. The van der Waals surface area contributed by atoms with Crippen LogP contribution in [-0.2, 0) is 17.6 Å². The Kier molecular flexibility index (Phi) is 7.45. The second kappa shape index (κ2) is 11.1. The third-order valence-corrected chi connectivity index (χ3v) is 5.52. The number of hydrogen-bond donors (Lipinski definition) is 2. The van der Waals surface area contributed by atoms with Gasteiger partial charge in [0.2, 0.25) is 5.91 Å². The van der Waals surface area contributed by atoms with Gasteiger partial charge in [0.05, 0.1) is 0 Å². The summed E-state index contributed by atoms with van der Waals surface area (Å²) in [4.78, 5) is 26.2. The molecule has 0 bridgehead atoms. The van der Waals surface area contributed by atoms with Crippen molar-refractivity contribution in [3.05, 3.63) is 137 Å². The van der Waals surface area contributed by atoms with E-state index in [0.717, 1.165) is 16.7 Å². The fourth-order valence-corrected chi connectivity index (χ4v) is 3.73. The van der Waals surface area contributed by atoms with Gasteiger partial charge in [0.15, 0.2) is 0 Å². The molecule has 0 saturated carbocycles. The summed E-state index contributed by atoms with van der Waals surface area (Å²) < 4.78 is 13.3. The molecule has 1 unspecified atom stereocenters. The molecule has 5 heteroatoms. The Morgan fingerprint density at radius 3 is 1.97 bits per heavy atom. The number of anilines is 1. The molecular weight excluding hydrogens is 427 g/mol. The number of carbonyl (C=O) groups is 2. The van der Waals surface area contributed by atoms with Crippen LogP contribution >= 0.6 is 0 Å². The third-order valence-electron chi connectivity index (χ3n) is 5.52. The standard InChI is InChI=1S/C29H25FN2O2/c30-25-17-15-23(16-18-25)28(33)32-27(20-22-11-5-2-6-12-22)29(34)31-26-14-8-7-13-24(26)19-21-9-3-1-4-10-21/h1-18,27H,19-20H2,(H,31,34)(H,32,33). The van der Waals surface area contributed by atoms with Crippen molar-refractivity contribution in [3.63, 3.8) is 0 Å². The average Bonchev–Trinajstić information content (AvgIpc) is 2.86. The highest BCUT2D eigenvalue weighted by atomic mass is 19.1. The number of carbonyl (C=O) groups excluding carboxylic acids is 2. The van der Waals surface area contributed by atoms with Gasteiger partial charge in [-0.05, 0) is 53.4 Å².